The summed E-state index contributed by atoms with van der Waals surface area (Å²) in [5.74, 6) is -0.488. The van der Waals surface area contributed by atoms with Crippen molar-refractivity contribution >= 4 is 44.8 Å². The van der Waals surface area contributed by atoms with Crippen LogP contribution in [-0.2, 0) is 14.8 Å². The van der Waals surface area contributed by atoms with Gasteiger partial charge in [-0.15, -0.1) is 0 Å². The maximum Gasteiger partial charge on any atom is 0.264 e. The second-order valence-corrected chi connectivity index (χ2v) is 10.9. The molecule has 0 spiro atoms. The van der Waals surface area contributed by atoms with E-state index in [-0.39, 0.29) is 15.6 Å². The molecule has 1 amide bonds. The molecule has 0 heterocycles. The number of rotatable bonds is 8. The molecule has 1 atom stereocenters. The summed E-state index contributed by atoms with van der Waals surface area (Å²) >= 11 is 12.4. The first kappa shape index (κ1) is 25.8. The maximum absolute atomic E-state index is 13.6. The third-order valence-corrected chi connectivity index (χ3v) is 8.05. The molecule has 0 fully saturated rings. The molecule has 36 heavy (non-hydrogen) atoms. The number of amides is 1. The smallest absolute Gasteiger partial charge is 0.264 e. The van der Waals surface area contributed by atoms with Gasteiger partial charge < -0.3 is 5.32 Å². The molecule has 0 unspecified atom stereocenters. The summed E-state index contributed by atoms with van der Waals surface area (Å²) in [6, 6.07) is 29.2. The molecule has 0 bridgehead atoms. The molecule has 4 aromatic carbocycles. The van der Waals surface area contributed by atoms with Gasteiger partial charge in [0.15, 0.2) is 0 Å². The van der Waals surface area contributed by atoms with Crippen LogP contribution in [0.1, 0.15) is 22.7 Å². The van der Waals surface area contributed by atoms with Crippen LogP contribution in [0.15, 0.2) is 108 Å². The van der Waals surface area contributed by atoms with Gasteiger partial charge in [-0.25, -0.2) is 8.42 Å². The van der Waals surface area contributed by atoms with Crippen LogP contribution in [0.25, 0.3) is 0 Å². The first-order chi connectivity index (χ1) is 17.3. The lowest BCUT2D eigenvalue weighted by molar-refractivity contribution is -0.120. The zero-order chi connectivity index (χ0) is 25.7. The first-order valence-electron chi connectivity index (χ1n) is 11.2. The van der Waals surface area contributed by atoms with Crippen LogP contribution in [0, 0.1) is 6.92 Å². The minimum Gasteiger partial charge on any atom is -0.344 e. The highest BCUT2D eigenvalue weighted by Crippen LogP contribution is 2.33. The highest BCUT2D eigenvalue weighted by molar-refractivity contribution is 7.92. The van der Waals surface area contributed by atoms with Gasteiger partial charge in [0.1, 0.15) is 6.54 Å². The second-order valence-electron chi connectivity index (χ2n) is 8.19. The molecule has 0 radical (unpaired) electrons. The SMILES string of the molecule is Cc1ccccc1[C@@H](NC(=O)CN(c1ccc(Cl)cc1Cl)S(=O)(=O)c1ccccc1)c1ccccc1. The van der Waals surface area contributed by atoms with Crippen LogP contribution in [0.2, 0.25) is 10.0 Å². The number of nitrogens with one attached hydrogen (secondary N) is 1. The Labute approximate surface area is 221 Å². The van der Waals surface area contributed by atoms with E-state index in [4.69, 9.17) is 23.2 Å². The largest absolute Gasteiger partial charge is 0.344 e. The Hall–Kier alpha value is -3.32. The number of carbonyl (C=O) groups is 1. The fraction of sp³-hybridized carbons (Fsp3) is 0.107. The van der Waals surface area contributed by atoms with Crippen molar-refractivity contribution in [2.24, 2.45) is 0 Å². The summed E-state index contributed by atoms with van der Waals surface area (Å²) in [6.45, 7) is 1.49. The van der Waals surface area contributed by atoms with E-state index in [2.05, 4.69) is 5.32 Å². The number of carbonyl (C=O) groups excluding carboxylic acids is 1. The first-order valence-corrected chi connectivity index (χ1v) is 13.4. The summed E-state index contributed by atoms with van der Waals surface area (Å²) in [4.78, 5) is 13.5. The average molecular weight is 539 g/mol. The Kier molecular flexibility index (Phi) is 7.99. The number of anilines is 1. The Morgan fingerprint density at radius 3 is 2.11 bits per heavy atom. The molecule has 4 aromatic rings. The lowest BCUT2D eigenvalue weighted by atomic mass is 9.95. The Bertz CT molecular complexity index is 1460. The van der Waals surface area contributed by atoms with Gasteiger partial charge >= 0.3 is 0 Å². The lowest BCUT2D eigenvalue weighted by Gasteiger charge is -2.27. The third kappa shape index (κ3) is 5.73. The number of hydrogen-bond acceptors (Lipinski definition) is 3. The number of aryl methyl sites for hydroxylation is 1. The number of sulfonamides is 1. The van der Waals surface area contributed by atoms with Crippen LogP contribution in [-0.4, -0.2) is 20.9 Å². The van der Waals surface area contributed by atoms with Crippen LogP contribution in [0.3, 0.4) is 0 Å². The second kappa shape index (κ2) is 11.2. The standard InChI is InChI=1S/C28H24Cl2N2O3S/c1-20-10-8-9-15-24(20)28(21-11-4-2-5-12-21)31-27(33)19-32(26-17-16-22(29)18-25(26)30)36(34,35)23-13-6-3-7-14-23/h2-18,28H,19H2,1H3,(H,31,33)/t28-/m0/s1. The Balaban J connectivity index is 1.72. The summed E-state index contributed by atoms with van der Waals surface area (Å²) in [6.07, 6.45) is 0. The van der Waals surface area contributed by atoms with Crippen molar-refractivity contribution in [1.29, 1.82) is 0 Å². The van der Waals surface area contributed by atoms with E-state index in [1.165, 1.54) is 30.3 Å². The van der Waals surface area contributed by atoms with Crippen molar-refractivity contribution in [3.8, 4) is 0 Å². The van der Waals surface area contributed by atoms with Crippen molar-refractivity contribution in [2.45, 2.75) is 17.9 Å². The zero-order valence-corrected chi connectivity index (χ0v) is 21.8. The Morgan fingerprint density at radius 2 is 1.47 bits per heavy atom. The summed E-state index contributed by atoms with van der Waals surface area (Å²) in [7, 11) is -4.11. The molecule has 0 aliphatic heterocycles. The number of nitrogens with zero attached hydrogens (tertiary/aromatic N) is 1. The average Bonchev–Trinajstić information content (AvgIpc) is 2.88. The van der Waals surface area contributed by atoms with Crippen molar-refractivity contribution in [3.63, 3.8) is 0 Å². The van der Waals surface area contributed by atoms with Crippen molar-refractivity contribution in [3.05, 3.63) is 130 Å². The predicted molar refractivity (Wildman–Crippen MR) is 145 cm³/mol. The monoisotopic (exact) mass is 538 g/mol. The maximum atomic E-state index is 13.6. The molecule has 184 valence electrons. The van der Waals surface area contributed by atoms with Gasteiger partial charge in [0.2, 0.25) is 5.91 Å². The predicted octanol–water partition coefficient (Wildman–Crippen LogP) is 6.40. The molecular weight excluding hydrogens is 515 g/mol. The molecule has 0 aliphatic rings. The van der Waals surface area contributed by atoms with Crippen molar-refractivity contribution < 1.29 is 13.2 Å². The fourth-order valence-corrected chi connectivity index (χ4v) is 5.96. The van der Waals surface area contributed by atoms with Gasteiger partial charge in [-0.2, -0.15) is 0 Å². The molecule has 8 heteroatoms. The van der Waals surface area contributed by atoms with E-state index >= 15 is 0 Å². The number of benzene rings is 4. The topological polar surface area (TPSA) is 66.5 Å². The van der Waals surface area contributed by atoms with Gasteiger partial charge in [0.25, 0.3) is 10.0 Å². The summed E-state index contributed by atoms with van der Waals surface area (Å²) < 4.78 is 28.3. The molecular formula is C28H24Cl2N2O3S. The van der Waals surface area contributed by atoms with E-state index in [0.29, 0.717) is 5.02 Å². The lowest BCUT2D eigenvalue weighted by Crippen LogP contribution is -2.42. The molecule has 0 aromatic heterocycles. The highest BCUT2D eigenvalue weighted by Gasteiger charge is 2.30. The minimum absolute atomic E-state index is 0.0438. The van der Waals surface area contributed by atoms with Gasteiger partial charge in [-0.05, 0) is 53.9 Å². The van der Waals surface area contributed by atoms with Crippen LogP contribution >= 0.6 is 23.2 Å². The van der Waals surface area contributed by atoms with E-state index < -0.39 is 28.5 Å². The zero-order valence-electron chi connectivity index (χ0n) is 19.4. The normalized spacial score (nSPS) is 12.1. The van der Waals surface area contributed by atoms with Crippen LogP contribution < -0.4 is 9.62 Å². The minimum atomic E-state index is -4.11. The summed E-state index contributed by atoms with van der Waals surface area (Å²) in [5.41, 5.74) is 2.95. The quantitative estimate of drug-likeness (QED) is 0.282. The van der Waals surface area contributed by atoms with Gasteiger partial charge in [0.05, 0.1) is 21.6 Å². The number of hydrogen-bond donors (Lipinski definition) is 1. The number of halogens is 2. The van der Waals surface area contributed by atoms with Crippen LogP contribution in [0.5, 0.6) is 0 Å². The van der Waals surface area contributed by atoms with Crippen molar-refractivity contribution in [1.82, 2.24) is 5.32 Å². The molecule has 4 rings (SSSR count). The van der Waals surface area contributed by atoms with Gasteiger partial charge in [-0.3, -0.25) is 9.10 Å². The summed E-state index contributed by atoms with van der Waals surface area (Å²) in [5, 5.41) is 3.51. The van der Waals surface area contributed by atoms with E-state index in [9.17, 15) is 13.2 Å². The third-order valence-electron chi connectivity index (χ3n) is 5.73. The van der Waals surface area contributed by atoms with E-state index in [0.717, 1.165) is 21.0 Å². The Morgan fingerprint density at radius 1 is 0.861 bits per heavy atom. The van der Waals surface area contributed by atoms with E-state index in [1.807, 2.05) is 61.5 Å². The molecule has 1 N–H and O–H groups in total. The van der Waals surface area contributed by atoms with Gasteiger partial charge in [0, 0.05) is 5.02 Å². The highest BCUT2D eigenvalue weighted by atomic mass is 35.5. The fourth-order valence-electron chi connectivity index (χ4n) is 3.94. The molecule has 0 aliphatic carbocycles. The molecule has 0 saturated heterocycles. The van der Waals surface area contributed by atoms with E-state index in [1.54, 1.807) is 18.2 Å². The van der Waals surface area contributed by atoms with Gasteiger partial charge in [-0.1, -0.05) is 96.0 Å². The molecule has 5 nitrogen and oxygen atoms in total. The molecule has 0 saturated carbocycles. The van der Waals surface area contributed by atoms with Crippen molar-refractivity contribution in [2.75, 3.05) is 10.8 Å². The van der Waals surface area contributed by atoms with Crippen LogP contribution in [0.4, 0.5) is 5.69 Å².